The van der Waals surface area contributed by atoms with Crippen molar-refractivity contribution in [3.8, 4) is 0 Å². The second-order valence-corrected chi connectivity index (χ2v) is 6.18. The molecule has 2 fully saturated rings. The van der Waals surface area contributed by atoms with Gasteiger partial charge in [0.05, 0.1) is 0 Å². The summed E-state index contributed by atoms with van der Waals surface area (Å²) in [5, 5.41) is 5.18. The molecule has 5 heteroatoms. The molecule has 1 aromatic rings. The molecule has 3 rings (SSSR count). The van der Waals surface area contributed by atoms with Crippen LogP contribution in [0, 0.1) is 5.92 Å². The summed E-state index contributed by atoms with van der Waals surface area (Å²) in [6.07, 6.45) is 4.58. The molecule has 2 aliphatic rings. The lowest BCUT2D eigenvalue weighted by molar-refractivity contribution is -0.128. The molecule has 1 atom stereocenters. The van der Waals surface area contributed by atoms with Gasteiger partial charge in [0.2, 0.25) is 5.91 Å². The number of β-lactam (4-membered cyclic amide) rings is 1. The van der Waals surface area contributed by atoms with Crippen molar-refractivity contribution in [2.45, 2.75) is 44.2 Å². The third kappa shape index (κ3) is 3.78. The average Bonchev–Trinajstić information content (AvgIpc) is 2.54. The second-order valence-electron chi connectivity index (χ2n) is 6.18. The van der Waals surface area contributed by atoms with Crippen LogP contribution in [-0.4, -0.2) is 30.7 Å². The zero-order valence-corrected chi connectivity index (χ0v) is 12.6. The topological polar surface area (TPSA) is 67.4 Å². The van der Waals surface area contributed by atoms with Gasteiger partial charge in [-0.15, -0.1) is 0 Å². The van der Waals surface area contributed by atoms with E-state index in [1.807, 2.05) is 6.07 Å². The predicted octanol–water partition coefficient (Wildman–Crippen LogP) is 2.01. The Hall–Kier alpha value is -2.04. The second kappa shape index (κ2) is 6.81. The fourth-order valence-electron chi connectivity index (χ4n) is 3.13. The van der Waals surface area contributed by atoms with Crippen LogP contribution in [0.4, 0.5) is 4.79 Å². The van der Waals surface area contributed by atoms with E-state index in [1.165, 1.54) is 5.56 Å². The molecule has 0 unspecified atom stereocenters. The van der Waals surface area contributed by atoms with Crippen LogP contribution in [0.25, 0.3) is 0 Å². The van der Waals surface area contributed by atoms with Crippen LogP contribution < -0.4 is 10.6 Å². The van der Waals surface area contributed by atoms with Gasteiger partial charge in [0.15, 0.2) is 0 Å². The SMILES string of the molecule is O=C(N[C@H]1CNC1=O)O[C@H]1CC[C@H](Cc2ccccc2)CC1. The first-order valence-corrected chi connectivity index (χ1v) is 7.99. The fourth-order valence-corrected chi connectivity index (χ4v) is 3.13. The van der Waals surface area contributed by atoms with E-state index in [-0.39, 0.29) is 12.0 Å². The summed E-state index contributed by atoms with van der Waals surface area (Å²) < 4.78 is 5.41. The average molecular weight is 302 g/mol. The van der Waals surface area contributed by atoms with E-state index in [2.05, 4.69) is 34.9 Å². The number of alkyl carbamates (subject to hydrolysis) is 1. The van der Waals surface area contributed by atoms with Crippen LogP contribution in [-0.2, 0) is 16.0 Å². The number of hydrogen-bond donors (Lipinski definition) is 2. The molecule has 118 valence electrons. The lowest BCUT2D eigenvalue weighted by Gasteiger charge is -2.30. The first-order valence-electron chi connectivity index (χ1n) is 7.99. The summed E-state index contributed by atoms with van der Waals surface area (Å²) in [7, 11) is 0. The molecule has 1 saturated carbocycles. The van der Waals surface area contributed by atoms with Gasteiger partial charge in [0.1, 0.15) is 12.1 Å². The molecule has 2 amide bonds. The fraction of sp³-hybridized carbons (Fsp3) is 0.529. The molecule has 0 spiro atoms. The molecule has 22 heavy (non-hydrogen) atoms. The monoisotopic (exact) mass is 302 g/mol. The van der Waals surface area contributed by atoms with E-state index in [0.717, 1.165) is 32.1 Å². The number of benzene rings is 1. The van der Waals surface area contributed by atoms with Crippen LogP contribution in [0.5, 0.6) is 0 Å². The van der Waals surface area contributed by atoms with Gasteiger partial charge in [-0.05, 0) is 43.6 Å². The number of carbonyl (C=O) groups excluding carboxylic acids is 2. The lowest BCUT2D eigenvalue weighted by atomic mass is 9.83. The zero-order chi connectivity index (χ0) is 15.4. The van der Waals surface area contributed by atoms with Crippen molar-refractivity contribution in [2.75, 3.05) is 6.54 Å². The maximum Gasteiger partial charge on any atom is 0.408 e. The quantitative estimate of drug-likeness (QED) is 0.836. The summed E-state index contributed by atoms with van der Waals surface area (Å²) >= 11 is 0. The largest absolute Gasteiger partial charge is 0.446 e. The summed E-state index contributed by atoms with van der Waals surface area (Å²) in [5.74, 6) is 0.534. The lowest BCUT2D eigenvalue weighted by Crippen LogP contribution is -2.62. The molecule has 2 N–H and O–H groups in total. The molecule has 1 saturated heterocycles. The molecule has 1 aliphatic carbocycles. The Morgan fingerprint density at radius 3 is 2.50 bits per heavy atom. The van der Waals surface area contributed by atoms with Crippen molar-refractivity contribution in [1.29, 1.82) is 0 Å². The van der Waals surface area contributed by atoms with Crippen LogP contribution in [0.1, 0.15) is 31.2 Å². The van der Waals surface area contributed by atoms with Gasteiger partial charge in [0.25, 0.3) is 0 Å². The Morgan fingerprint density at radius 1 is 1.18 bits per heavy atom. The molecule has 1 aliphatic heterocycles. The Balaban J connectivity index is 1.38. The van der Waals surface area contributed by atoms with Crippen molar-refractivity contribution in [1.82, 2.24) is 10.6 Å². The van der Waals surface area contributed by atoms with Gasteiger partial charge >= 0.3 is 6.09 Å². The Labute approximate surface area is 130 Å². The van der Waals surface area contributed by atoms with Crippen LogP contribution >= 0.6 is 0 Å². The van der Waals surface area contributed by atoms with E-state index in [1.54, 1.807) is 0 Å². The van der Waals surface area contributed by atoms with Gasteiger partial charge in [-0.2, -0.15) is 0 Å². The number of nitrogens with one attached hydrogen (secondary N) is 2. The minimum Gasteiger partial charge on any atom is -0.446 e. The number of amides is 2. The van der Waals surface area contributed by atoms with Gasteiger partial charge in [-0.3, -0.25) is 4.79 Å². The third-order valence-corrected chi connectivity index (χ3v) is 4.52. The van der Waals surface area contributed by atoms with E-state index < -0.39 is 12.1 Å². The molecule has 0 radical (unpaired) electrons. The number of rotatable bonds is 4. The summed E-state index contributed by atoms with van der Waals surface area (Å²) in [6, 6.07) is 10.1. The highest BCUT2D eigenvalue weighted by atomic mass is 16.6. The highest BCUT2D eigenvalue weighted by molar-refractivity contribution is 5.90. The van der Waals surface area contributed by atoms with Crippen molar-refractivity contribution in [3.63, 3.8) is 0 Å². The summed E-state index contributed by atoms with van der Waals surface area (Å²) in [5.41, 5.74) is 1.38. The van der Waals surface area contributed by atoms with Crippen molar-refractivity contribution < 1.29 is 14.3 Å². The van der Waals surface area contributed by atoms with Gasteiger partial charge in [-0.1, -0.05) is 30.3 Å². The molecule has 5 nitrogen and oxygen atoms in total. The van der Waals surface area contributed by atoms with Gasteiger partial charge < -0.3 is 15.4 Å². The third-order valence-electron chi connectivity index (χ3n) is 4.52. The standard InChI is InChI=1S/C17H22N2O3/c20-16-15(11-18-16)19-17(21)22-14-8-6-13(7-9-14)10-12-4-2-1-3-5-12/h1-5,13-15H,6-11H2,(H,18,20)(H,19,21)/t13-,14-,15-/m0/s1. The summed E-state index contributed by atoms with van der Waals surface area (Å²) in [6.45, 7) is 0.498. The Kier molecular flexibility index (Phi) is 4.61. The predicted molar refractivity (Wildman–Crippen MR) is 82.3 cm³/mol. The van der Waals surface area contributed by atoms with E-state index in [4.69, 9.17) is 4.74 Å². The van der Waals surface area contributed by atoms with E-state index >= 15 is 0 Å². The maximum absolute atomic E-state index is 11.7. The minimum absolute atomic E-state index is 0.0184. The zero-order valence-electron chi connectivity index (χ0n) is 12.6. The normalized spacial score (nSPS) is 27.5. The van der Waals surface area contributed by atoms with Crippen molar-refractivity contribution in [2.24, 2.45) is 5.92 Å². The van der Waals surface area contributed by atoms with Gasteiger partial charge in [-0.25, -0.2) is 4.79 Å². The van der Waals surface area contributed by atoms with Crippen LogP contribution in [0.15, 0.2) is 30.3 Å². The van der Waals surface area contributed by atoms with Crippen LogP contribution in [0.2, 0.25) is 0 Å². The van der Waals surface area contributed by atoms with E-state index in [0.29, 0.717) is 12.5 Å². The smallest absolute Gasteiger partial charge is 0.408 e. The van der Waals surface area contributed by atoms with Gasteiger partial charge in [0, 0.05) is 6.54 Å². The van der Waals surface area contributed by atoms with Crippen molar-refractivity contribution >= 4 is 12.0 Å². The number of ether oxygens (including phenoxy) is 1. The Bertz CT molecular complexity index is 524. The molecule has 0 bridgehead atoms. The molecular weight excluding hydrogens is 280 g/mol. The maximum atomic E-state index is 11.7. The van der Waals surface area contributed by atoms with Crippen molar-refractivity contribution in [3.05, 3.63) is 35.9 Å². The first kappa shape index (κ1) is 14.9. The summed E-state index contributed by atoms with van der Waals surface area (Å²) in [4.78, 5) is 22.8. The van der Waals surface area contributed by atoms with Crippen LogP contribution in [0.3, 0.4) is 0 Å². The number of hydrogen-bond acceptors (Lipinski definition) is 3. The molecule has 0 aromatic heterocycles. The Morgan fingerprint density at radius 2 is 1.91 bits per heavy atom. The molecular formula is C17H22N2O3. The molecule has 1 heterocycles. The number of carbonyl (C=O) groups is 2. The molecule has 1 aromatic carbocycles. The highest BCUT2D eigenvalue weighted by Gasteiger charge is 2.31. The van der Waals surface area contributed by atoms with E-state index in [9.17, 15) is 9.59 Å². The first-order chi connectivity index (χ1) is 10.7. The highest BCUT2D eigenvalue weighted by Crippen LogP contribution is 2.29. The minimum atomic E-state index is -0.466.